The van der Waals surface area contributed by atoms with E-state index in [0.29, 0.717) is 0 Å². The predicted octanol–water partition coefficient (Wildman–Crippen LogP) is 2.54. The van der Waals surface area contributed by atoms with Gasteiger partial charge < -0.3 is 4.74 Å². The van der Waals surface area contributed by atoms with E-state index in [0.717, 1.165) is 16.7 Å². The number of rotatable bonds is 2. The summed E-state index contributed by atoms with van der Waals surface area (Å²) in [6.45, 7) is 5.32. The van der Waals surface area contributed by atoms with Crippen molar-refractivity contribution in [2.75, 3.05) is 0 Å². The van der Waals surface area contributed by atoms with Crippen molar-refractivity contribution in [3.8, 4) is 12.3 Å². The van der Waals surface area contributed by atoms with Gasteiger partial charge in [-0.1, -0.05) is 29.7 Å². The predicted molar refractivity (Wildman–Crippen MR) is 59.3 cm³/mol. The molecular formula is C13H14O2. The van der Waals surface area contributed by atoms with Gasteiger partial charge in [-0.25, -0.2) is 0 Å². The van der Waals surface area contributed by atoms with Crippen LogP contribution in [0.25, 0.3) is 0 Å². The minimum atomic E-state index is -0.580. The molecule has 0 aliphatic carbocycles. The fourth-order valence-corrected chi connectivity index (χ4v) is 1.47. The maximum Gasteiger partial charge on any atom is 0.304 e. The van der Waals surface area contributed by atoms with Gasteiger partial charge in [0.1, 0.15) is 0 Å². The van der Waals surface area contributed by atoms with E-state index in [-0.39, 0.29) is 5.97 Å². The summed E-state index contributed by atoms with van der Waals surface area (Å²) < 4.78 is 5.03. The summed E-state index contributed by atoms with van der Waals surface area (Å²) in [4.78, 5) is 10.8. The molecule has 2 heteroatoms. The van der Waals surface area contributed by atoms with Crippen LogP contribution in [0.3, 0.4) is 0 Å². The standard InChI is InChI=1S/C13H14O2/c1-5-13(15-11(4)14)12-7-6-9(2)8-10(12)3/h1,6-8,13H,2-4H3. The molecule has 0 aromatic heterocycles. The van der Waals surface area contributed by atoms with E-state index < -0.39 is 6.10 Å². The first-order chi connectivity index (χ1) is 7.04. The molecule has 0 bridgehead atoms. The molecule has 0 heterocycles. The van der Waals surface area contributed by atoms with Gasteiger partial charge in [0.2, 0.25) is 0 Å². The molecule has 0 saturated heterocycles. The minimum absolute atomic E-state index is 0.363. The summed E-state index contributed by atoms with van der Waals surface area (Å²) in [6, 6.07) is 5.87. The fourth-order valence-electron chi connectivity index (χ4n) is 1.47. The number of carbonyl (C=O) groups is 1. The number of benzene rings is 1. The fraction of sp³-hybridized carbons (Fsp3) is 0.308. The van der Waals surface area contributed by atoms with E-state index >= 15 is 0 Å². The lowest BCUT2D eigenvalue weighted by Gasteiger charge is -2.14. The van der Waals surface area contributed by atoms with E-state index in [2.05, 4.69) is 5.92 Å². The van der Waals surface area contributed by atoms with Gasteiger partial charge >= 0.3 is 5.97 Å². The molecule has 1 rings (SSSR count). The SMILES string of the molecule is C#CC(OC(C)=O)c1ccc(C)cc1C. The van der Waals surface area contributed by atoms with Crippen LogP contribution in [0.1, 0.15) is 29.7 Å². The highest BCUT2D eigenvalue weighted by Gasteiger charge is 2.13. The Kier molecular flexibility index (Phi) is 3.51. The Morgan fingerprint density at radius 3 is 2.60 bits per heavy atom. The Bertz CT molecular complexity index is 413. The molecule has 1 atom stereocenters. The Morgan fingerprint density at radius 2 is 2.13 bits per heavy atom. The molecular weight excluding hydrogens is 188 g/mol. The molecule has 1 unspecified atom stereocenters. The van der Waals surface area contributed by atoms with Gasteiger partial charge in [-0.3, -0.25) is 4.79 Å². The molecule has 15 heavy (non-hydrogen) atoms. The number of terminal acetylenes is 1. The number of hydrogen-bond acceptors (Lipinski definition) is 2. The van der Waals surface area contributed by atoms with Gasteiger partial charge in [-0.05, 0) is 19.4 Å². The van der Waals surface area contributed by atoms with Crippen LogP contribution >= 0.6 is 0 Å². The Hall–Kier alpha value is -1.75. The topological polar surface area (TPSA) is 26.3 Å². The summed E-state index contributed by atoms with van der Waals surface area (Å²) in [5.41, 5.74) is 3.08. The lowest BCUT2D eigenvalue weighted by atomic mass is 10.0. The molecule has 1 aromatic rings. The molecule has 78 valence electrons. The van der Waals surface area contributed by atoms with E-state index in [1.807, 2.05) is 32.0 Å². The van der Waals surface area contributed by atoms with Crippen molar-refractivity contribution in [2.45, 2.75) is 26.9 Å². The summed E-state index contributed by atoms with van der Waals surface area (Å²) in [5.74, 6) is 2.10. The summed E-state index contributed by atoms with van der Waals surface area (Å²) in [6.07, 6.45) is 4.75. The highest BCUT2D eigenvalue weighted by atomic mass is 16.5. The molecule has 0 aliphatic heterocycles. The second kappa shape index (κ2) is 4.65. The maximum atomic E-state index is 10.8. The zero-order valence-corrected chi connectivity index (χ0v) is 9.20. The Morgan fingerprint density at radius 1 is 1.47 bits per heavy atom. The zero-order chi connectivity index (χ0) is 11.4. The van der Waals surface area contributed by atoms with Crippen LogP contribution < -0.4 is 0 Å². The third-order valence-electron chi connectivity index (χ3n) is 2.14. The first kappa shape index (κ1) is 11.3. The molecule has 0 amide bonds. The number of hydrogen-bond donors (Lipinski definition) is 0. The van der Waals surface area contributed by atoms with Crippen molar-refractivity contribution in [2.24, 2.45) is 0 Å². The smallest absolute Gasteiger partial charge is 0.304 e. The van der Waals surface area contributed by atoms with Crippen LogP contribution in [0.15, 0.2) is 18.2 Å². The average molecular weight is 202 g/mol. The number of carbonyl (C=O) groups excluding carboxylic acids is 1. The first-order valence-electron chi connectivity index (χ1n) is 4.75. The number of ether oxygens (including phenoxy) is 1. The molecule has 0 aliphatic rings. The second-order valence-electron chi connectivity index (χ2n) is 3.52. The van der Waals surface area contributed by atoms with Crippen molar-refractivity contribution in [1.82, 2.24) is 0 Å². The molecule has 1 aromatic carbocycles. The van der Waals surface area contributed by atoms with Gasteiger partial charge in [-0.2, -0.15) is 0 Å². The lowest BCUT2D eigenvalue weighted by molar-refractivity contribution is -0.144. The van der Waals surface area contributed by atoms with E-state index in [1.165, 1.54) is 6.92 Å². The van der Waals surface area contributed by atoms with Gasteiger partial charge in [0, 0.05) is 12.5 Å². The third-order valence-corrected chi connectivity index (χ3v) is 2.14. The Labute approximate surface area is 90.3 Å². The maximum absolute atomic E-state index is 10.8. The monoisotopic (exact) mass is 202 g/mol. The van der Waals surface area contributed by atoms with Gasteiger partial charge in [-0.15, -0.1) is 6.42 Å². The molecule has 2 nitrogen and oxygen atoms in total. The second-order valence-corrected chi connectivity index (χ2v) is 3.52. The zero-order valence-electron chi connectivity index (χ0n) is 9.20. The molecule has 0 saturated carbocycles. The first-order valence-corrected chi connectivity index (χ1v) is 4.75. The van der Waals surface area contributed by atoms with Crippen LogP contribution in [0.4, 0.5) is 0 Å². The van der Waals surface area contributed by atoms with Crippen LogP contribution in [-0.2, 0) is 9.53 Å². The molecule has 0 spiro atoms. The number of esters is 1. The van der Waals surface area contributed by atoms with Gasteiger partial charge in [0.15, 0.2) is 6.10 Å². The van der Waals surface area contributed by atoms with Crippen molar-refractivity contribution in [3.05, 3.63) is 34.9 Å². The van der Waals surface area contributed by atoms with Gasteiger partial charge in [0.25, 0.3) is 0 Å². The molecule has 0 radical (unpaired) electrons. The highest BCUT2D eigenvalue weighted by molar-refractivity contribution is 5.66. The lowest BCUT2D eigenvalue weighted by Crippen LogP contribution is -2.07. The van der Waals surface area contributed by atoms with Crippen LogP contribution in [0, 0.1) is 26.2 Å². The van der Waals surface area contributed by atoms with E-state index in [4.69, 9.17) is 11.2 Å². The van der Waals surface area contributed by atoms with Crippen molar-refractivity contribution >= 4 is 5.97 Å². The van der Waals surface area contributed by atoms with Crippen LogP contribution in [-0.4, -0.2) is 5.97 Å². The summed E-state index contributed by atoms with van der Waals surface area (Å²) >= 11 is 0. The Balaban J connectivity index is 3.03. The molecule has 0 fully saturated rings. The summed E-state index contributed by atoms with van der Waals surface area (Å²) in [5, 5.41) is 0. The third kappa shape index (κ3) is 2.85. The molecule has 0 N–H and O–H groups in total. The van der Waals surface area contributed by atoms with E-state index in [1.54, 1.807) is 0 Å². The van der Waals surface area contributed by atoms with Crippen molar-refractivity contribution in [3.63, 3.8) is 0 Å². The van der Waals surface area contributed by atoms with E-state index in [9.17, 15) is 4.79 Å². The highest BCUT2D eigenvalue weighted by Crippen LogP contribution is 2.21. The van der Waals surface area contributed by atoms with Crippen molar-refractivity contribution in [1.29, 1.82) is 0 Å². The largest absolute Gasteiger partial charge is 0.444 e. The summed E-state index contributed by atoms with van der Waals surface area (Å²) in [7, 11) is 0. The van der Waals surface area contributed by atoms with Crippen LogP contribution in [0.5, 0.6) is 0 Å². The van der Waals surface area contributed by atoms with Crippen LogP contribution in [0.2, 0.25) is 0 Å². The minimum Gasteiger partial charge on any atom is -0.444 e. The average Bonchev–Trinajstić information content (AvgIpc) is 2.14. The van der Waals surface area contributed by atoms with Crippen molar-refractivity contribution < 1.29 is 9.53 Å². The van der Waals surface area contributed by atoms with Gasteiger partial charge in [0.05, 0.1) is 0 Å². The quantitative estimate of drug-likeness (QED) is 0.544. The normalized spacial score (nSPS) is 11.6. The number of aryl methyl sites for hydroxylation is 2.